The van der Waals surface area contributed by atoms with E-state index in [0.717, 1.165) is 25.9 Å². The zero-order chi connectivity index (χ0) is 21.9. The van der Waals surface area contributed by atoms with Gasteiger partial charge in [-0.1, -0.05) is 32.0 Å². The summed E-state index contributed by atoms with van der Waals surface area (Å²) in [5, 5.41) is 5.73. The standard InChI is InChI=1S/C23H31N3O4/c1-5-12-26(13-6-2)16-22(27)24-18-14-21(30-4)19(15-20(18)29-3)25-23(28)17-10-8-7-9-11-17/h7-11,14-15H,5-6,12-13,16H2,1-4H3,(H,24,27)(H,25,28). The quantitative estimate of drug-likeness (QED) is 0.582. The first kappa shape index (κ1) is 23.2. The van der Waals surface area contributed by atoms with Crippen molar-refractivity contribution in [2.75, 3.05) is 44.5 Å². The summed E-state index contributed by atoms with van der Waals surface area (Å²) in [4.78, 5) is 27.2. The summed E-state index contributed by atoms with van der Waals surface area (Å²) in [5.74, 6) is 0.472. The number of anilines is 2. The highest BCUT2D eigenvalue weighted by Crippen LogP contribution is 2.36. The number of carbonyl (C=O) groups excluding carboxylic acids is 2. The Hall–Kier alpha value is -3.06. The molecule has 2 aromatic rings. The topological polar surface area (TPSA) is 79.9 Å². The first-order chi connectivity index (χ1) is 14.5. The van der Waals surface area contributed by atoms with Crippen molar-refractivity contribution in [3.63, 3.8) is 0 Å². The van der Waals surface area contributed by atoms with Gasteiger partial charge < -0.3 is 20.1 Å². The molecule has 0 unspecified atom stereocenters. The van der Waals surface area contributed by atoms with Crippen molar-refractivity contribution in [1.29, 1.82) is 0 Å². The number of carbonyl (C=O) groups is 2. The molecule has 0 radical (unpaired) electrons. The van der Waals surface area contributed by atoms with Crippen molar-refractivity contribution >= 4 is 23.2 Å². The number of ether oxygens (including phenoxy) is 2. The summed E-state index contributed by atoms with van der Waals surface area (Å²) in [6.45, 7) is 6.23. The third-order valence-corrected chi connectivity index (χ3v) is 4.53. The van der Waals surface area contributed by atoms with Crippen LogP contribution in [-0.4, -0.2) is 50.6 Å². The van der Waals surface area contributed by atoms with E-state index in [1.165, 1.54) is 14.2 Å². The SMILES string of the molecule is CCCN(CCC)CC(=O)Nc1cc(OC)c(NC(=O)c2ccccc2)cc1OC. The number of rotatable bonds is 11. The van der Waals surface area contributed by atoms with Gasteiger partial charge in [0, 0.05) is 17.7 Å². The summed E-state index contributed by atoms with van der Waals surface area (Å²) in [6, 6.07) is 12.2. The lowest BCUT2D eigenvalue weighted by Gasteiger charge is -2.21. The highest BCUT2D eigenvalue weighted by Gasteiger charge is 2.17. The van der Waals surface area contributed by atoms with Crippen LogP contribution in [0.1, 0.15) is 37.0 Å². The minimum atomic E-state index is -0.262. The predicted molar refractivity (Wildman–Crippen MR) is 120 cm³/mol. The molecule has 7 heteroatoms. The molecule has 2 aromatic carbocycles. The van der Waals surface area contributed by atoms with E-state index in [-0.39, 0.29) is 11.8 Å². The maximum Gasteiger partial charge on any atom is 0.255 e. The van der Waals surface area contributed by atoms with Gasteiger partial charge in [0.1, 0.15) is 11.5 Å². The number of benzene rings is 2. The number of nitrogens with zero attached hydrogens (tertiary/aromatic N) is 1. The number of amides is 2. The molecule has 2 rings (SSSR count). The third kappa shape index (κ3) is 6.49. The fourth-order valence-corrected chi connectivity index (χ4v) is 3.17. The third-order valence-electron chi connectivity index (χ3n) is 4.53. The van der Waals surface area contributed by atoms with Gasteiger partial charge in [-0.3, -0.25) is 14.5 Å². The van der Waals surface area contributed by atoms with E-state index in [9.17, 15) is 9.59 Å². The Morgan fingerprint density at radius 2 is 1.40 bits per heavy atom. The van der Waals surface area contributed by atoms with E-state index in [1.807, 2.05) is 6.07 Å². The monoisotopic (exact) mass is 413 g/mol. The van der Waals surface area contributed by atoms with Crippen molar-refractivity contribution in [2.24, 2.45) is 0 Å². The van der Waals surface area contributed by atoms with Gasteiger partial charge in [0.05, 0.1) is 32.1 Å². The first-order valence-electron chi connectivity index (χ1n) is 10.2. The molecule has 7 nitrogen and oxygen atoms in total. The molecule has 0 bridgehead atoms. The maximum atomic E-state index is 12.6. The minimum Gasteiger partial charge on any atom is -0.494 e. The van der Waals surface area contributed by atoms with E-state index < -0.39 is 0 Å². The van der Waals surface area contributed by atoms with Crippen molar-refractivity contribution in [2.45, 2.75) is 26.7 Å². The lowest BCUT2D eigenvalue weighted by molar-refractivity contribution is -0.117. The molecule has 0 aliphatic heterocycles. The van der Waals surface area contributed by atoms with E-state index >= 15 is 0 Å². The van der Waals surface area contributed by atoms with E-state index in [0.29, 0.717) is 35.0 Å². The van der Waals surface area contributed by atoms with Crippen LogP contribution in [0.15, 0.2) is 42.5 Å². The highest BCUT2D eigenvalue weighted by atomic mass is 16.5. The lowest BCUT2D eigenvalue weighted by atomic mass is 10.2. The van der Waals surface area contributed by atoms with Crippen molar-refractivity contribution in [3.8, 4) is 11.5 Å². The number of hydrogen-bond acceptors (Lipinski definition) is 5. The second kappa shape index (κ2) is 11.8. The number of methoxy groups -OCH3 is 2. The average molecular weight is 414 g/mol. The van der Waals surface area contributed by atoms with Crippen LogP contribution in [0.25, 0.3) is 0 Å². The largest absolute Gasteiger partial charge is 0.494 e. The molecule has 0 atom stereocenters. The first-order valence-corrected chi connectivity index (χ1v) is 10.2. The predicted octanol–water partition coefficient (Wildman–Crippen LogP) is 4.02. The van der Waals surface area contributed by atoms with Gasteiger partial charge in [0.2, 0.25) is 5.91 Å². The van der Waals surface area contributed by atoms with Crippen LogP contribution in [-0.2, 0) is 4.79 Å². The van der Waals surface area contributed by atoms with Gasteiger partial charge >= 0.3 is 0 Å². The van der Waals surface area contributed by atoms with Crippen LogP contribution >= 0.6 is 0 Å². The molecule has 0 spiro atoms. The molecule has 2 N–H and O–H groups in total. The second-order valence-corrected chi connectivity index (χ2v) is 6.90. The Labute approximate surface area is 178 Å². The minimum absolute atomic E-state index is 0.127. The van der Waals surface area contributed by atoms with Gasteiger partial charge in [0.25, 0.3) is 5.91 Å². The van der Waals surface area contributed by atoms with Crippen molar-refractivity contribution < 1.29 is 19.1 Å². The number of nitrogens with one attached hydrogen (secondary N) is 2. The van der Waals surface area contributed by atoms with Crippen LogP contribution in [0.2, 0.25) is 0 Å². The zero-order valence-corrected chi connectivity index (χ0v) is 18.2. The van der Waals surface area contributed by atoms with Crippen LogP contribution in [0.5, 0.6) is 11.5 Å². The summed E-state index contributed by atoms with van der Waals surface area (Å²) in [5.41, 5.74) is 1.48. The Kier molecular flexibility index (Phi) is 9.15. The van der Waals surface area contributed by atoms with Crippen LogP contribution in [0.3, 0.4) is 0 Å². The Bertz CT molecular complexity index is 834. The Balaban J connectivity index is 2.19. The fraction of sp³-hybridized carbons (Fsp3) is 0.391. The lowest BCUT2D eigenvalue weighted by Crippen LogP contribution is -2.34. The van der Waals surface area contributed by atoms with E-state index in [1.54, 1.807) is 36.4 Å². The molecule has 0 saturated heterocycles. The molecule has 0 heterocycles. The van der Waals surface area contributed by atoms with Crippen molar-refractivity contribution in [3.05, 3.63) is 48.0 Å². The molecular formula is C23H31N3O4. The molecule has 0 aliphatic rings. The van der Waals surface area contributed by atoms with E-state index in [2.05, 4.69) is 29.4 Å². The maximum absolute atomic E-state index is 12.6. The van der Waals surface area contributed by atoms with Gasteiger partial charge in [0.15, 0.2) is 0 Å². The summed E-state index contributed by atoms with van der Waals surface area (Å²) in [7, 11) is 3.02. The second-order valence-electron chi connectivity index (χ2n) is 6.90. The molecule has 162 valence electrons. The van der Waals surface area contributed by atoms with E-state index in [4.69, 9.17) is 9.47 Å². The smallest absolute Gasteiger partial charge is 0.255 e. The molecule has 2 amide bonds. The van der Waals surface area contributed by atoms with Crippen molar-refractivity contribution in [1.82, 2.24) is 4.90 Å². The van der Waals surface area contributed by atoms with Crippen LogP contribution < -0.4 is 20.1 Å². The molecule has 0 saturated carbocycles. The molecule has 0 fully saturated rings. The van der Waals surface area contributed by atoms with Gasteiger partial charge in [-0.15, -0.1) is 0 Å². The summed E-state index contributed by atoms with van der Waals surface area (Å²) >= 11 is 0. The number of hydrogen-bond donors (Lipinski definition) is 2. The summed E-state index contributed by atoms with van der Waals surface area (Å²) in [6.07, 6.45) is 1.97. The van der Waals surface area contributed by atoms with Gasteiger partial charge in [-0.2, -0.15) is 0 Å². The zero-order valence-electron chi connectivity index (χ0n) is 18.2. The molecule has 0 aromatic heterocycles. The summed E-state index contributed by atoms with van der Waals surface area (Å²) < 4.78 is 10.9. The fourth-order valence-electron chi connectivity index (χ4n) is 3.17. The Morgan fingerprint density at radius 3 is 1.90 bits per heavy atom. The normalized spacial score (nSPS) is 10.6. The van der Waals surface area contributed by atoms with Gasteiger partial charge in [-0.25, -0.2) is 0 Å². The molecular weight excluding hydrogens is 382 g/mol. The molecule has 30 heavy (non-hydrogen) atoms. The molecule has 0 aliphatic carbocycles. The average Bonchev–Trinajstić information content (AvgIpc) is 2.75. The van der Waals surface area contributed by atoms with Crippen LogP contribution in [0, 0.1) is 0 Å². The van der Waals surface area contributed by atoms with Gasteiger partial charge in [-0.05, 0) is 38.1 Å². The highest BCUT2D eigenvalue weighted by molar-refractivity contribution is 6.05. The Morgan fingerprint density at radius 1 is 0.867 bits per heavy atom. The van der Waals surface area contributed by atoms with Crippen LogP contribution in [0.4, 0.5) is 11.4 Å².